The first-order valence-corrected chi connectivity index (χ1v) is 11.3. The van der Waals surface area contributed by atoms with Crippen LogP contribution < -0.4 is 5.32 Å². The van der Waals surface area contributed by atoms with E-state index >= 15 is 4.39 Å². The van der Waals surface area contributed by atoms with Crippen molar-refractivity contribution < 1.29 is 8.78 Å². The van der Waals surface area contributed by atoms with Crippen molar-refractivity contribution >= 4 is 27.8 Å². The van der Waals surface area contributed by atoms with Gasteiger partial charge in [-0.3, -0.25) is 15.1 Å². The number of rotatable bonds is 5. The molecule has 0 aliphatic carbocycles. The molecule has 0 aliphatic rings. The van der Waals surface area contributed by atoms with Gasteiger partial charge in [-0.25, -0.2) is 18.7 Å². The second-order valence-electron chi connectivity index (χ2n) is 8.70. The van der Waals surface area contributed by atoms with Crippen molar-refractivity contribution in [2.75, 3.05) is 5.32 Å². The Labute approximate surface area is 203 Å². The molecule has 0 saturated heterocycles. The Kier molecular flexibility index (Phi) is 5.14. The molecule has 0 fully saturated rings. The topological polar surface area (TPSA) is 108 Å². The zero-order valence-corrected chi connectivity index (χ0v) is 19.3. The number of pyridine rings is 3. The van der Waals surface area contributed by atoms with Gasteiger partial charge < -0.3 is 10.3 Å². The summed E-state index contributed by atoms with van der Waals surface area (Å²) < 4.78 is 29.8. The lowest BCUT2D eigenvalue weighted by Gasteiger charge is -2.11. The second-order valence-corrected chi connectivity index (χ2v) is 8.70. The van der Waals surface area contributed by atoms with Gasteiger partial charge in [-0.2, -0.15) is 5.10 Å². The smallest absolute Gasteiger partial charge is 0.184 e. The molecule has 178 valence electrons. The highest BCUT2D eigenvalue weighted by Crippen LogP contribution is 2.34. The number of anilines is 1. The molecule has 3 N–H and O–H groups in total. The minimum Gasteiger partial charge on any atom is -0.382 e. The molecule has 6 aromatic rings. The molecule has 0 bridgehead atoms. The number of benzene rings is 1. The zero-order chi connectivity index (χ0) is 24.8. The van der Waals surface area contributed by atoms with Gasteiger partial charge in [0, 0.05) is 47.5 Å². The van der Waals surface area contributed by atoms with E-state index in [1.807, 2.05) is 19.9 Å². The fourth-order valence-electron chi connectivity index (χ4n) is 4.22. The molecular formula is C26H20F2N8. The molecule has 0 atom stereocenters. The standard InChI is InChI=1S/C26H20F2N8/c1-13(2)32-17-9-15(10-29-11-17)18-12-31-25-20(21(18)28)24(35-36-25)26-33-19-6-7-30-22(23(19)34-26)14-4-3-5-16(27)8-14/h3-13,32H,1-2H3,(H,33,34)(H,31,35,36). The maximum absolute atomic E-state index is 15.9. The zero-order valence-electron chi connectivity index (χ0n) is 19.3. The molecule has 6 rings (SSSR count). The van der Waals surface area contributed by atoms with Gasteiger partial charge in [-0.15, -0.1) is 0 Å². The first kappa shape index (κ1) is 21.8. The number of H-pyrrole nitrogens is 2. The molecule has 0 amide bonds. The van der Waals surface area contributed by atoms with E-state index in [9.17, 15) is 4.39 Å². The van der Waals surface area contributed by atoms with E-state index in [1.54, 1.807) is 36.8 Å². The number of fused-ring (bicyclic) bond motifs is 2. The minimum atomic E-state index is -0.490. The highest BCUT2D eigenvalue weighted by Gasteiger charge is 2.21. The molecule has 0 radical (unpaired) electrons. The third-order valence-corrected chi connectivity index (χ3v) is 5.76. The first-order chi connectivity index (χ1) is 17.5. The van der Waals surface area contributed by atoms with Gasteiger partial charge in [-0.05, 0) is 38.1 Å². The Morgan fingerprint density at radius 3 is 2.69 bits per heavy atom. The van der Waals surface area contributed by atoms with Crippen molar-refractivity contribution in [1.29, 1.82) is 0 Å². The van der Waals surface area contributed by atoms with Crippen molar-refractivity contribution in [2.24, 2.45) is 0 Å². The normalized spacial score (nSPS) is 11.6. The van der Waals surface area contributed by atoms with E-state index in [1.165, 1.54) is 18.3 Å². The van der Waals surface area contributed by atoms with Crippen LogP contribution in [-0.2, 0) is 0 Å². The van der Waals surface area contributed by atoms with E-state index in [4.69, 9.17) is 0 Å². The Morgan fingerprint density at radius 2 is 1.86 bits per heavy atom. The first-order valence-electron chi connectivity index (χ1n) is 11.3. The number of hydrogen-bond donors (Lipinski definition) is 3. The SMILES string of the molecule is CC(C)Nc1cncc(-c2cnc3n[nH]c(-c4nc5c(-c6cccc(F)c6)nccc5[nH]4)c3c2F)c1. The van der Waals surface area contributed by atoms with Crippen molar-refractivity contribution in [3.05, 3.63) is 72.8 Å². The average Bonchev–Trinajstić information content (AvgIpc) is 3.48. The molecule has 0 unspecified atom stereocenters. The predicted molar refractivity (Wildman–Crippen MR) is 134 cm³/mol. The number of halogens is 2. The van der Waals surface area contributed by atoms with Crippen LogP contribution in [0.15, 0.2) is 61.2 Å². The summed E-state index contributed by atoms with van der Waals surface area (Å²) in [6.07, 6.45) is 6.34. The molecule has 0 saturated carbocycles. The molecule has 1 aromatic carbocycles. The highest BCUT2D eigenvalue weighted by molar-refractivity contribution is 5.96. The molecule has 5 heterocycles. The highest BCUT2D eigenvalue weighted by atomic mass is 19.1. The monoisotopic (exact) mass is 482 g/mol. The van der Waals surface area contributed by atoms with Crippen LogP contribution in [0.4, 0.5) is 14.5 Å². The Bertz CT molecular complexity index is 1740. The van der Waals surface area contributed by atoms with Crippen LogP contribution in [0, 0.1) is 11.6 Å². The largest absolute Gasteiger partial charge is 0.382 e. The maximum Gasteiger partial charge on any atom is 0.184 e. The van der Waals surface area contributed by atoms with E-state index in [2.05, 4.69) is 40.4 Å². The summed E-state index contributed by atoms with van der Waals surface area (Å²) in [5.41, 5.74) is 4.53. The molecule has 10 heteroatoms. The van der Waals surface area contributed by atoms with Gasteiger partial charge in [0.1, 0.15) is 22.8 Å². The number of aromatic nitrogens is 7. The van der Waals surface area contributed by atoms with Gasteiger partial charge in [-0.1, -0.05) is 12.1 Å². The van der Waals surface area contributed by atoms with Crippen LogP contribution in [0.5, 0.6) is 0 Å². The lowest BCUT2D eigenvalue weighted by Crippen LogP contribution is -2.09. The lowest BCUT2D eigenvalue weighted by atomic mass is 10.1. The van der Waals surface area contributed by atoms with Gasteiger partial charge in [0.2, 0.25) is 0 Å². The summed E-state index contributed by atoms with van der Waals surface area (Å²) in [5, 5.41) is 10.5. The second kappa shape index (κ2) is 8.49. The molecule has 0 spiro atoms. The van der Waals surface area contributed by atoms with Crippen molar-refractivity contribution in [1.82, 2.24) is 35.1 Å². The number of hydrogen-bond acceptors (Lipinski definition) is 6. The van der Waals surface area contributed by atoms with Crippen LogP contribution in [0.2, 0.25) is 0 Å². The van der Waals surface area contributed by atoms with Crippen molar-refractivity contribution in [3.8, 4) is 33.9 Å². The van der Waals surface area contributed by atoms with Crippen molar-refractivity contribution in [3.63, 3.8) is 0 Å². The Balaban J connectivity index is 1.49. The van der Waals surface area contributed by atoms with Gasteiger partial charge in [0.05, 0.1) is 22.3 Å². The summed E-state index contributed by atoms with van der Waals surface area (Å²) in [7, 11) is 0. The van der Waals surface area contributed by atoms with Gasteiger partial charge in [0.15, 0.2) is 11.5 Å². The predicted octanol–water partition coefficient (Wildman–Crippen LogP) is 5.72. The van der Waals surface area contributed by atoms with E-state index in [0.717, 1.165) is 5.69 Å². The number of aromatic amines is 2. The fraction of sp³-hybridized carbons (Fsp3) is 0.115. The Morgan fingerprint density at radius 1 is 0.972 bits per heavy atom. The summed E-state index contributed by atoms with van der Waals surface area (Å²) in [6.45, 7) is 4.03. The Hall–Kier alpha value is -4.73. The summed E-state index contributed by atoms with van der Waals surface area (Å²) in [5.74, 6) is -0.495. The van der Waals surface area contributed by atoms with Crippen LogP contribution >= 0.6 is 0 Å². The average molecular weight is 482 g/mol. The number of nitrogens with one attached hydrogen (secondary N) is 3. The third-order valence-electron chi connectivity index (χ3n) is 5.76. The van der Waals surface area contributed by atoms with Gasteiger partial charge >= 0.3 is 0 Å². The summed E-state index contributed by atoms with van der Waals surface area (Å²) in [6, 6.07) is 9.93. The van der Waals surface area contributed by atoms with Gasteiger partial charge in [0.25, 0.3) is 0 Å². The van der Waals surface area contributed by atoms with Crippen LogP contribution in [-0.4, -0.2) is 41.2 Å². The number of nitrogens with zero attached hydrogens (tertiary/aromatic N) is 5. The van der Waals surface area contributed by atoms with Crippen molar-refractivity contribution in [2.45, 2.75) is 19.9 Å². The summed E-state index contributed by atoms with van der Waals surface area (Å²) >= 11 is 0. The van der Waals surface area contributed by atoms with E-state index in [0.29, 0.717) is 44.9 Å². The molecule has 8 nitrogen and oxygen atoms in total. The molecule has 36 heavy (non-hydrogen) atoms. The fourth-order valence-corrected chi connectivity index (χ4v) is 4.22. The van der Waals surface area contributed by atoms with Crippen LogP contribution in [0.1, 0.15) is 13.8 Å². The van der Waals surface area contributed by atoms with Crippen LogP contribution in [0.25, 0.3) is 56.0 Å². The third kappa shape index (κ3) is 3.72. The molecule has 5 aromatic heterocycles. The van der Waals surface area contributed by atoms with Crippen LogP contribution in [0.3, 0.4) is 0 Å². The van der Waals surface area contributed by atoms with E-state index < -0.39 is 5.82 Å². The van der Waals surface area contributed by atoms with E-state index in [-0.39, 0.29) is 22.9 Å². The molecule has 0 aliphatic heterocycles. The number of imidazole rings is 1. The quantitative estimate of drug-likeness (QED) is 0.290. The minimum absolute atomic E-state index is 0.202. The lowest BCUT2D eigenvalue weighted by molar-refractivity contribution is 0.628. The summed E-state index contributed by atoms with van der Waals surface area (Å²) in [4.78, 5) is 20.9. The maximum atomic E-state index is 15.9. The molecular weight excluding hydrogens is 462 g/mol.